The molecule has 25 heavy (non-hydrogen) atoms. The van der Waals surface area contributed by atoms with Gasteiger partial charge in [0.1, 0.15) is 0 Å². The highest BCUT2D eigenvalue weighted by molar-refractivity contribution is 5.24. The standard InChI is InChI=1S/C23H38N2/c1-4-20-9-13-24(14-10-20)18-22-11-15-25(16-12-22)17-21-5-7-23(8-6-21)19(2)3/h5-8,19-20,22H,4,9-18H2,1-3H3. The molecule has 0 N–H and O–H groups in total. The predicted octanol–water partition coefficient (Wildman–Crippen LogP) is 5.14. The molecule has 140 valence electrons. The van der Waals surface area contributed by atoms with Crippen LogP contribution in [-0.2, 0) is 6.54 Å². The molecule has 2 heterocycles. The van der Waals surface area contributed by atoms with E-state index in [1.807, 2.05) is 0 Å². The van der Waals surface area contributed by atoms with Crippen molar-refractivity contribution in [1.29, 1.82) is 0 Å². The van der Waals surface area contributed by atoms with E-state index < -0.39 is 0 Å². The van der Waals surface area contributed by atoms with Gasteiger partial charge in [0.15, 0.2) is 0 Å². The van der Waals surface area contributed by atoms with Gasteiger partial charge in [0.05, 0.1) is 0 Å². The second kappa shape index (κ2) is 9.19. The van der Waals surface area contributed by atoms with E-state index in [-0.39, 0.29) is 0 Å². The lowest BCUT2D eigenvalue weighted by atomic mass is 9.91. The highest BCUT2D eigenvalue weighted by Gasteiger charge is 2.24. The van der Waals surface area contributed by atoms with E-state index in [2.05, 4.69) is 54.8 Å². The van der Waals surface area contributed by atoms with Gasteiger partial charge in [-0.15, -0.1) is 0 Å². The molecule has 2 nitrogen and oxygen atoms in total. The van der Waals surface area contributed by atoms with Crippen LogP contribution in [-0.4, -0.2) is 42.5 Å². The summed E-state index contributed by atoms with van der Waals surface area (Å²) in [6, 6.07) is 9.29. The molecule has 2 heteroatoms. The maximum Gasteiger partial charge on any atom is 0.0233 e. The molecule has 2 aliphatic rings. The first-order valence-corrected chi connectivity index (χ1v) is 10.7. The smallest absolute Gasteiger partial charge is 0.0233 e. The molecule has 0 aromatic heterocycles. The number of benzene rings is 1. The van der Waals surface area contributed by atoms with Crippen LogP contribution in [0.15, 0.2) is 24.3 Å². The molecular weight excluding hydrogens is 304 g/mol. The van der Waals surface area contributed by atoms with Crippen LogP contribution < -0.4 is 0 Å². The molecular formula is C23H38N2. The van der Waals surface area contributed by atoms with Crippen LogP contribution in [0.1, 0.15) is 69.9 Å². The molecule has 1 aromatic rings. The van der Waals surface area contributed by atoms with Crippen LogP contribution >= 0.6 is 0 Å². The van der Waals surface area contributed by atoms with Crippen molar-refractivity contribution in [3.05, 3.63) is 35.4 Å². The Morgan fingerprint density at radius 2 is 1.40 bits per heavy atom. The molecule has 0 atom stereocenters. The second-order valence-corrected chi connectivity index (χ2v) is 8.77. The number of nitrogens with zero attached hydrogens (tertiary/aromatic N) is 2. The van der Waals surface area contributed by atoms with Crippen molar-refractivity contribution in [3.8, 4) is 0 Å². The zero-order valence-electron chi connectivity index (χ0n) is 16.7. The normalized spacial score (nSPS) is 21.9. The van der Waals surface area contributed by atoms with Gasteiger partial charge in [-0.05, 0) is 80.7 Å². The van der Waals surface area contributed by atoms with E-state index >= 15 is 0 Å². The quantitative estimate of drug-likeness (QED) is 0.706. The lowest BCUT2D eigenvalue weighted by molar-refractivity contribution is 0.114. The van der Waals surface area contributed by atoms with Gasteiger partial charge >= 0.3 is 0 Å². The average molecular weight is 343 g/mol. The summed E-state index contributed by atoms with van der Waals surface area (Å²) >= 11 is 0. The van der Waals surface area contributed by atoms with Crippen molar-refractivity contribution in [2.24, 2.45) is 11.8 Å². The maximum absolute atomic E-state index is 2.75. The number of piperidine rings is 2. The summed E-state index contributed by atoms with van der Waals surface area (Å²) in [5.41, 5.74) is 2.93. The third-order valence-corrected chi connectivity index (χ3v) is 6.56. The molecule has 0 saturated carbocycles. The minimum absolute atomic E-state index is 0.632. The number of hydrogen-bond donors (Lipinski definition) is 0. The molecule has 0 amide bonds. The van der Waals surface area contributed by atoms with E-state index in [1.54, 1.807) is 0 Å². The topological polar surface area (TPSA) is 6.48 Å². The summed E-state index contributed by atoms with van der Waals surface area (Å²) in [5, 5.41) is 0. The van der Waals surface area contributed by atoms with Gasteiger partial charge in [0, 0.05) is 13.1 Å². The molecule has 0 spiro atoms. The number of rotatable bonds is 6. The fraction of sp³-hybridized carbons (Fsp3) is 0.739. The van der Waals surface area contributed by atoms with Crippen LogP contribution in [0.4, 0.5) is 0 Å². The summed E-state index contributed by atoms with van der Waals surface area (Å²) < 4.78 is 0. The average Bonchev–Trinajstić information content (AvgIpc) is 2.64. The van der Waals surface area contributed by atoms with Gasteiger partial charge in [-0.25, -0.2) is 0 Å². The Balaban J connectivity index is 1.38. The van der Waals surface area contributed by atoms with Crippen molar-refractivity contribution >= 4 is 0 Å². The monoisotopic (exact) mass is 342 g/mol. The molecule has 2 fully saturated rings. The van der Waals surface area contributed by atoms with Gasteiger partial charge in [-0.3, -0.25) is 4.90 Å². The first kappa shape index (κ1) is 18.9. The van der Waals surface area contributed by atoms with Crippen LogP contribution in [0.5, 0.6) is 0 Å². The van der Waals surface area contributed by atoms with E-state index in [0.29, 0.717) is 5.92 Å². The van der Waals surface area contributed by atoms with Crippen LogP contribution in [0.2, 0.25) is 0 Å². The SMILES string of the molecule is CCC1CCN(CC2CCN(Cc3ccc(C(C)C)cc3)CC2)CC1. The number of hydrogen-bond acceptors (Lipinski definition) is 2. The summed E-state index contributed by atoms with van der Waals surface area (Å²) in [6.45, 7) is 14.6. The summed E-state index contributed by atoms with van der Waals surface area (Å²) in [5.74, 6) is 2.56. The fourth-order valence-electron chi connectivity index (χ4n) is 4.54. The Labute approximate surface area is 155 Å². The van der Waals surface area contributed by atoms with Crippen molar-refractivity contribution in [2.45, 2.75) is 65.3 Å². The molecule has 0 radical (unpaired) electrons. The maximum atomic E-state index is 2.75. The van der Waals surface area contributed by atoms with E-state index in [4.69, 9.17) is 0 Å². The van der Waals surface area contributed by atoms with E-state index in [1.165, 1.54) is 76.0 Å². The van der Waals surface area contributed by atoms with Gasteiger partial charge < -0.3 is 4.90 Å². The van der Waals surface area contributed by atoms with Crippen LogP contribution in [0.3, 0.4) is 0 Å². The summed E-state index contributed by atoms with van der Waals surface area (Å²) in [6.07, 6.45) is 7.02. The molecule has 2 saturated heterocycles. The molecule has 1 aromatic carbocycles. The molecule has 2 aliphatic heterocycles. The fourth-order valence-corrected chi connectivity index (χ4v) is 4.54. The first-order chi connectivity index (χ1) is 12.1. The van der Waals surface area contributed by atoms with Crippen LogP contribution in [0, 0.1) is 11.8 Å². The Morgan fingerprint density at radius 1 is 0.840 bits per heavy atom. The predicted molar refractivity (Wildman–Crippen MR) is 108 cm³/mol. The van der Waals surface area contributed by atoms with Crippen molar-refractivity contribution in [1.82, 2.24) is 9.80 Å². The van der Waals surface area contributed by atoms with Gasteiger partial charge in [0.25, 0.3) is 0 Å². The third kappa shape index (κ3) is 5.56. The highest BCUT2D eigenvalue weighted by Crippen LogP contribution is 2.25. The lowest BCUT2D eigenvalue weighted by Gasteiger charge is -2.37. The Hall–Kier alpha value is -0.860. The summed E-state index contributed by atoms with van der Waals surface area (Å²) in [4.78, 5) is 5.40. The van der Waals surface area contributed by atoms with E-state index in [0.717, 1.165) is 18.4 Å². The zero-order valence-corrected chi connectivity index (χ0v) is 16.7. The molecule has 0 bridgehead atoms. The lowest BCUT2D eigenvalue weighted by Crippen LogP contribution is -2.41. The minimum atomic E-state index is 0.632. The Morgan fingerprint density at radius 3 is 1.96 bits per heavy atom. The Bertz CT molecular complexity index is 491. The Kier molecular flexibility index (Phi) is 6.95. The second-order valence-electron chi connectivity index (χ2n) is 8.77. The zero-order chi connectivity index (χ0) is 17.6. The summed E-state index contributed by atoms with van der Waals surface area (Å²) in [7, 11) is 0. The largest absolute Gasteiger partial charge is 0.303 e. The van der Waals surface area contributed by atoms with Crippen molar-refractivity contribution in [3.63, 3.8) is 0 Å². The van der Waals surface area contributed by atoms with Gasteiger partial charge in [-0.1, -0.05) is 51.5 Å². The molecule has 0 unspecified atom stereocenters. The minimum Gasteiger partial charge on any atom is -0.303 e. The molecule has 3 rings (SSSR count). The molecule has 0 aliphatic carbocycles. The van der Waals surface area contributed by atoms with E-state index in [9.17, 15) is 0 Å². The first-order valence-electron chi connectivity index (χ1n) is 10.7. The van der Waals surface area contributed by atoms with Gasteiger partial charge in [-0.2, -0.15) is 0 Å². The van der Waals surface area contributed by atoms with Crippen molar-refractivity contribution in [2.75, 3.05) is 32.7 Å². The number of likely N-dealkylation sites (tertiary alicyclic amines) is 2. The highest BCUT2D eigenvalue weighted by atomic mass is 15.2. The van der Waals surface area contributed by atoms with Crippen LogP contribution in [0.25, 0.3) is 0 Å². The van der Waals surface area contributed by atoms with Crippen molar-refractivity contribution < 1.29 is 0 Å². The third-order valence-electron chi connectivity index (χ3n) is 6.56. The van der Waals surface area contributed by atoms with Gasteiger partial charge in [0.2, 0.25) is 0 Å².